The first kappa shape index (κ1) is 11.0. The number of likely N-dealkylation sites (tertiary alicyclic amines) is 1. The fourth-order valence-electron chi connectivity index (χ4n) is 2.89. The van der Waals surface area contributed by atoms with Gasteiger partial charge >= 0.3 is 0 Å². The molecule has 1 heteroatoms. The van der Waals surface area contributed by atoms with Gasteiger partial charge in [0, 0.05) is 6.04 Å². The number of hydrogen-bond acceptors (Lipinski definition) is 1. The Morgan fingerprint density at radius 2 is 2.00 bits per heavy atom. The summed E-state index contributed by atoms with van der Waals surface area (Å²) in [4.78, 5) is 2.67. The molecule has 0 N–H and O–H groups in total. The van der Waals surface area contributed by atoms with Crippen LogP contribution in [-0.4, -0.2) is 24.0 Å². The highest BCUT2D eigenvalue weighted by Crippen LogP contribution is 2.31. The summed E-state index contributed by atoms with van der Waals surface area (Å²) in [7, 11) is 0. The average Bonchev–Trinajstić information content (AvgIpc) is 2.16. The number of nitrogens with zero attached hydrogens (tertiary/aromatic N) is 1. The molecule has 0 aromatic heterocycles. The molecule has 0 aliphatic carbocycles. The zero-order chi connectivity index (χ0) is 9.84. The number of piperidine rings is 1. The minimum absolute atomic E-state index is 0.860. The topological polar surface area (TPSA) is 3.24 Å². The molecule has 2 unspecified atom stereocenters. The Morgan fingerprint density at radius 1 is 1.31 bits per heavy atom. The van der Waals surface area contributed by atoms with Gasteiger partial charge in [0.15, 0.2) is 0 Å². The zero-order valence-corrected chi connectivity index (χ0v) is 9.71. The maximum absolute atomic E-state index is 2.67. The quantitative estimate of drug-likeness (QED) is 0.649. The monoisotopic (exact) mass is 183 g/mol. The van der Waals surface area contributed by atoms with E-state index in [1.807, 2.05) is 0 Å². The summed E-state index contributed by atoms with van der Waals surface area (Å²) in [5.74, 6) is 1.80. The lowest BCUT2D eigenvalue weighted by Gasteiger charge is -2.42. The van der Waals surface area contributed by atoms with Crippen molar-refractivity contribution in [1.82, 2.24) is 4.90 Å². The van der Waals surface area contributed by atoms with Crippen molar-refractivity contribution in [2.75, 3.05) is 13.1 Å². The van der Waals surface area contributed by atoms with E-state index in [1.54, 1.807) is 0 Å². The van der Waals surface area contributed by atoms with Gasteiger partial charge in [0.2, 0.25) is 0 Å². The van der Waals surface area contributed by atoms with Gasteiger partial charge < -0.3 is 4.90 Å². The summed E-state index contributed by atoms with van der Waals surface area (Å²) >= 11 is 0. The smallest absolute Gasteiger partial charge is 0.0123 e. The van der Waals surface area contributed by atoms with Gasteiger partial charge in [0.05, 0.1) is 0 Å². The lowest BCUT2D eigenvalue weighted by molar-refractivity contribution is 0.0697. The molecule has 0 amide bonds. The molecule has 0 aromatic rings. The minimum Gasteiger partial charge on any atom is -0.300 e. The average molecular weight is 183 g/mol. The highest BCUT2D eigenvalue weighted by atomic mass is 15.2. The molecule has 2 atom stereocenters. The second-order valence-corrected chi connectivity index (χ2v) is 4.65. The van der Waals surface area contributed by atoms with Crippen LogP contribution >= 0.6 is 0 Å². The van der Waals surface area contributed by atoms with Gasteiger partial charge in [-0.25, -0.2) is 0 Å². The first-order chi connectivity index (χ1) is 6.20. The summed E-state index contributed by atoms with van der Waals surface area (Å²) < 4.78 is 0. The molecule has 1 aliphatic heterocycles. The first-order valence-electron chi connectivity index (χ1n) is 5.94. The van der Waals surface area contributed by atoms with Gasteiger partial charge in [-0.15, -0.1) is 0 Å². The van der Waals surface area contributed by atoms with E-state index in [9.17, 15) is 0 Å². The third-order valence-electron chi connectivity index (χ3n) is 3.63. The lowest BCUT2D eigenvalue weighted by atomic mass is 9.80. The highest BCUT2D eigenvalue weighted by molar-refractivity contribution is 4.84. The van der Waals surface area contributed by atoms with Crippen LogP contribution in [0.5, 0.6) is 0 Å². The third kappa shape index (κ3) is 2.46. The fraction of sp³-hybridized carbons (Fsp3) is 1.00. The normalized spacial score (nSPS) is 31.2. The molecule has 78 valence electrons. The summed E-state index contributed by atoms with van der Waals surface area (Å²) in [5.41, 5.74) is 0. The van der Waals surface area contributed by atoms with Crippen molar-refractivity contribution in [2.45, 2.75) is 53.0 Å². The van der Waals surface area contributed by atoms with Crippen molar-refractivity contribution in [1.29, 1.82) is 0 Å². The van der Waals surface area contributed by atoms with Crippen LogP contribution in [0.2, 0.25) is 0 Å². The molecule has 0 bridgehead atoms. The molecule has 0 radical (unpaired) electrons. The van der Waals surface area contributed by atoms with Crippen molar-refractivity contribution < 1.29 is 0 Å². The Labute approximate surface area is 83.5 Å². The second-order valence-electron chi connectivity index (χ2n) is 4.65. The number of hydrogen-bond donors (Lipinski definition) is 0. The SMILES string of the molecule is CCC1C(C(C)C)CCCN1CC. The van der Waals surface area contributed by atoms with E-state index in [1.165, 1.54) is 32.4 Å². The molecule has 0 spiro atoms. The molecule has 1 aliphatic rings. The van der Waals surface area contributed by atoms with E-state index in [0.717, 1.165) is 17.9 Å². The van der Waals surface area contributed by atoms with E-state index in [2.05, 4.69) is 32.6 Å². The molecule has 1 rings (SSSR count). The summed E-state index contributed by atoms with van der Waals surface area (Å²) in [6, 6.07) is 0.860. The molecule has 1 nitrogen and oxygen atoms in total. The standard InChI is InChI=1S/C12H25N/c1-5-12-11(10(3)4)8-7-9-13(12)6-2/h10-12H,5-9H2,1-4H3. The predicted molar refractivity (Wildman–Crippen MR) is 58.9 cm³/mol. The van der Waals surface area contributed by atoms with Crippen molar-refractivity contribution in [3.05, 3.63) is 0 Å². The minimum atomic E-state index is 0.860. The van der Waals surface area contributed by atoms with E-state index >= 15 is 0 Å². The van der Waals surface area contributed by atoms with Gasteiger partial charge in [0.1, 0.15) is 0 Å². The Balaban J connectivity index is 2.61. The third-order valence-corrected chi connectivity index (χ3v) is 3.63. The molecule has 0 saturated carbocycles. The van der Waals surface area contributed by atoms with Crippen LogP contribution < -0.4 is 0 Å². The van der Waals surface area contributed by atoms with Crippen molar-refractivity contribution in [3.8, 4) is 0 Å². The molecule has 13 heavy (non-hydrogen) atoms. The van der Waals surface area contributed by atoms with E-state index in [-0.39, 0.29) is 0 Å². The molecule has 1 saturated heterocycles. The molecule has 1 fully saturated rings. The van der Waals surface area contributed by atoms with Crippen molar-refractivity contribution in [3.63, 3.8) is 0 Å². The molecular formula is C12H25N. The highest BCUT2D eigenvalue weighted by Gasteiger charge is 2.30. The maximum Gasteiger partial charge on any atom is 0.0123 e. The zero-order valence-electron chi connectivity index (χ0n) is 9.71. The Bertz CT molecular complexity index is 142. The second kappa shape index (κ2) is 4.99. The van der Waals surface area contributed by atoms with Crippen LogP contribution in [0.25, 0.3) is 0 Å². The van der Waals surface area contributed by atoms with Crippen molar-refractivity contribution >= 4 is 0 Å². The molecule has 0 aromatic carbocycles. The van der Waals surface area contributed by atoms with Gasteiger partial charge in [0.25, 0.3) is 0 Å². The van der Waals surface area contributed by atoms with Gasteiger partial charge in [-0.05, 0) is 44.2 Å². The van der Waals surface area contributed by atoms with Crippen LogP contribution in [0, 0.1) is 11.8 Å². The van der Waals surface area contributed by atoms with Crippen LogP contribution in [0.1, 0.15) is 47.0 Å². The Kier molecular flexibility index (Phi) is 4.24. The Hall–Kier alpha value is -0.0400. The lowest BCUT2D eigenvalue weighted by Crippen LogP contribution is -2.46. The van der Waals surface area contributed by atoms with Crippen LogP contribution in [0.3, 0.4) is 0 Å². The van der Waals surface area contributed by atoms with E-state index in [0.29, 0.717) is 0 Å². The van der Waals surface area contributed by atoms with E-state index < -0.39 is 0 Å². The predicted octanol–water partition coefficient (Wildman–Crippen LogP) is 3.15. The largest absolute Gasteiger partial charge is 0.300 e. The van der Waals surface area contributed by atoms with Crippen molar-refractivity contribution in [2.24, 2.45) is 11.8 Å². The van der Waals surface area contributed by atoms with Gasteiger partial charge in [-0.3, -0.25) is 0 Å². The van der Waals surface area contributed by atoms with Crippen LogP contribution in [0.4, 0.5) is 0 Å². The summed E-state index contributed by atoms with van der Waals surface area (Å²) in [6.45, 7) is 12.0. The Morgan fingerprint density at radius 3 is 2.46 bits per heavy atom. The summed E-state index contributed by atoms with van der Waals surface area (Å²) in [5, 5.41) is 0. The molecule has 1 heterocycles. The van der Waals surface area contributed by atoms with Gasteiger partial charge in [-0.2, -0.15) is 0 Å². The van der Waals surface area contributed by atoms with Crippen LogP contribution in [0.15, 0.2) is 0 Å². The van der Waals surface area contributed by atoms with E-state index in [4.69, 9.17) is 0 Å². The first-order valence-corrected chi connectivity index (χ1v) is 5.94. The van der Waals surface area contributed by atoms with Gasteiger partial charge in [-0.1, -0.05) is 27.7 Å². The van der Waals surface area contributed by atoms with Crippen LogP contribution in [-0.2, 0) is 0 Å². The number of rotatable bonds is 3. The molecular weight excluding hydrogens is 158 g/mol. The summed E-state index contributed by atoms with van der Waals surface area (Å²) in [6.07, 6.45) is 4.19. The fourth-order valence-corrected chi connectivity index (χ4v) is 2.89. The maximum atomic E-state index is 2.67.